The average Bonchev–Trinajstić information content (AvgIpc) is 2.83. The lowest BCUT2D eigenvalue weighted by molar-refractivity contribution is -0.122. The quantitative estimate of drug-likeness (QED) is 0.573. The molecule has 2 aromatic rings. The molecule has 164 valence electrons. The second kappa shape index (κ2) is 10.3. The number of aliphatic imine (C=N–C) groups is 1. The van der Waals surface area contributed by atoms with Gasteiger partial charge in [-0.25, -0.2) is 9.98 Å². The molecule has 3 heterocycles. The van der Waals surface area contributed by atoms with Gasteiger partial charge in [0.1, 0.15) is 5.82 Å². The fourth-order valence-electron chi connectivity index (χ4n) is 4.35. The van der Waals surface area contributed by atoms with Crippen LogP contribution in [0.5, 0.6) is 0 Å². The molecule has 7 nitrogen and oxygen atoms in total. The van der Waals surface area contributed by atoms with E-state index in [0.717, 1.165) is 62.0 Å². The van der Waals surface area contributed by atoms with E-state index in [-0.39, 0.29) is 11.8 Å². The second-order valence-corrected chi connectivity index (χ2v) is 8.33. The first-order valence-electron chi connectivity index (χ1n) is 11.3. The van der Waals surface area contributed by atoms with Gasteiger partial charge in [0.05, 0.1) is 6.54 Å². The van der Waals surface area contributed by atoms with Crippen LogP contribution in [0.25, 0.3) is 0 Å². The lowest BCUT2D eigenvalue weighted by Gasteiger charge is -2.33. The zero-order valence-corrected chi connectivity index (χ0v) is 18.0. The monoisotopic (exact) mass is 420 g/mol. The summed E-state index contributed by atoms with van der Waals surface area (Å²) in [6, 6.07) is 14.3. The largest absolute Gasteiger partial charge is 0.369 e. The smallest absolute Gasteiger partial charge is 0.220 e. The Kier molecular flexibility index (Phi) is 7.02. The number of rotatable bonds is 5. The number of likely N-dealkylation sites (tertiary alicyclic amines) is 1. The number of amides is 1. The van der Waals surface area contributed by atoms with E-state index >= 15 is 0 Å². The molecule has 2 saturated heterocycles. The van der Waals surface area contributed by atoms with Crippen molar-refractivity contribution < 1.29 is 4.79 Å². The van der Waals surface area contributed by atoms with Gasteiger partial charge in [0.2, 0.25) is 5.91 Å². The van der Waals surface area contributed by atoms with Gasteiger partial charge in [-0.2, -0.15) is 0 Å². The van der Waals surface area contributed by atoms with Crippen LogP contribution < -0.4 is 16.0 Å². The summed E-state index contributed by atoms with van der Waals surface area (Å²) in [4.78, 5) is 25.8. The number of nitrogens with zero attached hydrogens (tertiary/aromatic N) is 4. The highest BCUT2D eigenvalue weighted by Crippen LogP contribution is 2.25. The van der Waals surface area contributed by atoms with Crippen LogP contribution in [0.15, 0.2) is 53.7 Å². The van der Waals surface area contributed by atoms with Crippen LogP contribution in [0.2, 0.25) is 0 Å². The van der Waals surface area contributed by atoms with Crippen molar-refractivity contribution in [1.29, 1.82) is 0 Å². The molecule has 2 aliphatic heterocycles. The molecular weight excluding hydrogens is 388 g/mol. The molecule has 0 radical (unpaired) electrons. The van der Waals surface area contributed by atoms with Crippen LogP contribution in [0, 0.1) is 5.92 Å². The number of aromatic nitrogens is 1. The van der Waals surface area contributed by atoms with Crippen molar-refractivity contribution in [3.05, 3.63) is 54.2 Å². The van der Waals surface area contributed by atoms with Gasteiger partial charge >= 0.3 is 0 Å². The Morgan fingerprint density at radius 3 is 2.48 bits per heavy atom. The Hall–Kier alpha value is -3.09. The fraction of sp³-hybridized carbons (Fsp3) is 0.458. The van der Waals surface area contributed by atoms with E-state index in [1.54, 1.807) is 0 Å². The van der Waals surface area contributed by atoms with E-state index in [1.807, 2.05) is 30.5 Å². The van der Waals surface area contributed by atoms with Crippen molar-refractivity contribution in [2.24, 2.45) is 16.6 Å². The first-order valence-corrected chi connectivity index (χ1v) is 11.3. The lowest BCUT2D eigenvalue weighted by atomic mass is 9.96. The Morgan fingerprint density at radius 1 is 1.03 bits per heavy atom. The number of carbonyl (C=O) groups is 1. The Bertz CT molecular complexity index is 886. The van der Waals surface area contributed by atoms with Gasteiger partial charge in [-0.15, -0.1) is 0 Å². The molecule has 31 heavy (non-hydrogen) atoms. The summed E-state index contributed by atoms with van der Waals surface area (Å²) in [6.45, 7) is 4.20. The highest BCUT2D eigenvalue weighted by molar-refractivity contribution is 5.93. The third-order valence-corrected chi connectivity index (χ3v) is 6.15. The predicted molar refractivity (Wildman–Crippen MR) is 125 cm³/mol. The summed E-state index contributed by atoms with van der Waals surface area (Å²) in [6.07, 6.45) is 7.07. The maximum atomic E-state index is 11.5. The number of para-hydroxylation sites is 1. The van der Waals surface area contributed by atoms with Crippen LogP contribution in [-0.2, 0) is 11.3 Å². The molecule has 3 N–H and O–H groups in total. The minimum absolute atomic E-state index is 0.0257. The number of nitrogens with two attached hydrogens (primary N) is 1. The van der Waals surface area contributed by atoms with Gasteiger partial charge in [0.15, 0.2) is 5.96 Å². The maximum absolute atomic E-state index is 11.5. The van der Waals surface area contributed by atoms with Crippen molar-refractivity contribution in [2.45, 2.75) is 38.6 Å². The Labute approximate surface area is 184 Å². The number of piperidine rings is 2. The number of guanidine groups is 1. The summed E-state index contributed by atoms with van der Waals surface area (Å²) < 4.78 is 0. The van der Waals surface area contributed by atoms with Gasteiger partial charge in [-0.3, -0.25) is 4.79 Å². The van der Waals surface area contributed by atoms with E-state index < -0.39 is 0 Å². The predicted octanol–water partition coefficient (Wildman–Crippen LogP) is 3.24. The maximum Gasteiger partial charge on any atom is 0.220 e. The van der Waals surface area contributed by atoms with Gasteiger partial charge in [0, 0.05) is 49.5 Å². The van der Waals surface area contributed by atoms with Gasteiger partial charge < -0.3 is 20.9 Å². The minimum atomic E-state index is -0.191. The standard InChI is InChI=1S/C24H32N6O/c25-22(31)19-11-16-29(17-12-19)23-20(8-7-13-26-23)18-27-24(30-14-5-2-6-15-30)28-21-9-3-1-4-10-21/h1,3-4,7-10,13,19H,2,5-6,11-12,14-18H2,(H2,25,31)(H,27,28). The van der Waals surface area contributed by atoms with E-state index in [9.17, 15) is 4.79 Å². The van der Waals surface area contributed by atoms with Crippen LogP contribution >= 0.6 is 0 Å². The average molecular weight is 421 g/mol. The second-order valence-electron chi connectivity index (χ2n) is 8.33. The van der Waals surface area contributed by atoms with Crippen LogP contribution in [-0.4, -0.2) is 47.9 Å². The number of hydrogen-bond donors (Lipinski definition) is 2. The lowest BCUT2D eigenvalue weighted by Crippen LogP contribution is -2.40. The topological polar surface area (TPSA) is 86.9 Å². The molecule has 4 rings (SSSR count). The number of pyridine rings is 1. The number of carbonyl (C=O) groups excluding carboxylic acids is 1. The van der Waals surface area contributed by atoms with Crippen molar-refractivity contribution in [3.63, 3.8) is 0 Å². The van der Waals surface area contributed by atoms with Crippen LogP contribution in [0.1, 0.15) is 37.7 Å². The van der Waals surface area contributed by atoms with E-state index in [2.05, 4.69) is 38.3 Å². The number of nitrogens with one attached hydrogen (secondary N) is 1. The van der Waals surface area contributed by atoms with Crippen molar-refractivity contribution in [1.82, 2.24) is 9.88 Å². The van der Waals surface area contributed by atoms with Gasteiger partial charge in [-0.1, -0.05) is 24.3 Å². The molecule has 1 amide bonds. The third-order valence-electron chi connectivity index (χ3n) is 6.15. The number of primary amides is 1. The fourth-order valence-corrected chi connectivity index (χ4v) is 4.35. The van der Waals surface area contributed by atoms with Crippen LogP contribution in [0.3, 0.4) is 0 Å². The molecular formula is C24H32N6O. The molecule has 1 aromatic heterocycles. The van der Waals surface area contributed by atoms with Crippen molar-refractivity contribution in [3.8, 4) is 0 Å². The molecule has 2 fully saturated rings. The molecule has 0 bridgehead atoms. The molecule has 0 aliphatic carbocycles. The van der Waals surface area contributed by atoms with E-state index in [4.69, 9.17) is 10.7 Å². The van der Waals surface area contributed by atoms with Crippen molar-refractivity contribution >= 4 is 23.4 Å². The number of hydrogen-bond acceptors (Lipinski definition) is 4. The zero-order chi connectivity index (χ0) is 21.5. The SMILES string of the molecule is NC(=O)C1CCN(c2ncccc2CN=C(Nc2ccccc2)N2CCCCC2)CC1. The first-order chi connectivity index (χ1) is 15.2. The number of benzene rings is 1. The molecule has 7 heteroatoms. The van der Waals surface area contributed by atoms with Gasteiger partial charge in [0.25, 0.3) is 0 Å². The normalized spacial score (nSPS) is 18.1. The molecule has 1 aromatic carbocycles. The van der Waals surface area contributed by atoms with E-state index in [1.165, 1.54) is 19.3 Å². The zero-order valence-electron chi connectivity index (χ0n) is 18.0. The highest BCUT2D eigenvalue weighted by atomic mass is 16.1. The molecule has 0 saturated carbocycles. The highest BCUT2D eigenvalue weighted by Gasteiger charge is 2.25. The first kappa shape index (κ1) is 21.2. The summed E-state index contributed by atoms with van der Waals surface area (Å²) in [5.41, 5.74) is 7.64. The summed E-state index contributed by atoms with van der Waals surface area (Å²) in [5.74, 6) is 1.67. The van der Waals surface area contributed by atoms with Gasteiger partial charge in [-0.05, 0) is 50.3 Å². The molecule has 0 atom stereocenters. The minimum Gasteiger partial charge on any atom is -0.369 e. The number of anilines is 2. The molecule has 2 aliphatic rings. The summed E-state index contributed by atoms with van der Waals surface area (Å²) in [7, 11) is 0. The van der Waals surface area contributed by atoms with E-state index in [0.29, 0.717) is 6.54 Å². The molecule has 0 unspecified atom stereocenters. The third kappa shape index (κ3) is 5.54. The summed E-state index contributed by atoms with van der Waals surface area (Å²) in [5, 5.41) is 3.53. The summed E-state index contributed by atoms with van der Waals surface area (Å²) >= 11 is 0. The Balaban J connectivity index is 1.51. The van der Waals surface area contributed by atoms with Crippen molar-refractivity contribution in [2.75, 3.05) is 36.4 Å². The molecule has 0 spiro atoms. The van der Waals surface area contributed by atoms with Crippen LogP contribution in [0.4, 0.5) is 11.5 Å². The Morgan fingerprint density at radius 2 is 1.77 bits per heavy atom.